The van der Waals surface area contributed by atoms with Gasteiger partial charge in [0.2, 0.25) is 0 Å². The van der Waals surface area contributed by atoms with Crippen molar-refractivity contribution in [1.82, 2.24) is 9.88 Å². The highest BCUT2D eigenvalue weighted by Crippen LogP contribution is 2.38. The molecule has 3 heteroatoms. The average Bonchev–Trinajstić information content (AvgIpc) is 2.65. The van der Waals surface area contributed by atoms with Crippen molar-refractivity contribution in [1.29, 1.82) is 0 Å². The van der Waals surface area contributed by atoms with Crippen LogP contribution in [0.5, 0.6) is 5.75 Å². The van der Waals surface area contributed by atoms with Gasteiger partial charge in [-0.15, -0.1) is 0 Å². The Labute approximate surface area is 101 Å². The summed E-state index contributed by atoms with van der Waals surface area (Å²) < 4.78 is 8.04. The number of para-hydroxylation sites is 1. The molecule has 0 aliphatic carbocycles. The summed E-state index contributed by atoms with van der Waals surface area (Å²) in [6, 6.07) is 6.90. The Bertz CT molecular complexity index is 571. The topological polar surface area (TPSA) is 26.2 Å². The third kappa shape index (κ3) is 1.39. The van der Waals surface area contributed by atoms with Crippen molar-refractivity contribution in [3.05, 3.63) is 29.5 Å². The van der Waals surface area contributed by atoms with Crippen LogP contribution in [0.1, 0.15) is 24.2 Å². The van der Waals surface area contributed by atoms with Gasteiger partial charge in [0, 0.05) is 24.5 Å². The summed E-state index contributed by atoms with van der Waals surface area (Å²) in [4.78, 5) is 0. The smallest absolute Gasteiger partial charge is 0.148 e. The van der Waals surface area contributed by atoms with E-state index in [0.29, 0.717) is 6.04 Å². The molecule has 0 unspecified atom stereocenters. The van der Waals surface area contributed by atoms with Crippen molar-refractivity contribution in [2.45, 2.75) is 26.4 Å². The Morgan fingerprint density at radius 3 is 3.00 bits per heavy atom. The van der Waals surface area contributed by atoms with E-state index in [1.165, 1.54) is 22.2 Å². The van der Waals surface area contributed by atoms with Crippen LogP contribution >= 0.6 is 0 Å². The van der Waals surface area contributed by atoms with E-state index >= 15 is 0 Å². The maximum atomic E-state index is 5.61. The van der Waals surface area contributed by atoms with Gasteiger partial charge in [-0.2, -0.15) is 0 Å². The van der Waals surface area contributed by atoms with Crippen LogP contribution in [-0.4, -0.2) is 18.2 Å². The van der Waals surface area contributed by atoms with Gasteiger partial charge in [0.15, 0.2) is 0 Å². The van der Waals surface area contributed by atoms with Crippen molar-refractivity contribution in [2.24, 2.45) is 0 Å². The summed E-state index contributed by atoms with van der Waals surface area (Å²) in [6.45, 7) is 6.33. The fourth-order valence-electron chi connectivity index (χ4n) is 2.93. The van der Waals surface area contributed by atoms with Crippen LogP contribution < -0.4 is 10.1 Å². The quantitative estimate of drug-likeness (QED) is 0.815. The summed E-state index contributed by atoms with van der Waals surface area (Å²) >= 11 is 0. The molecule has 0 spiro atoms. The van der Waals surface area contributed by atoms with Gasteiger partial charge < -0.3 is 14.6 Å². The number of hydrogen-bond donors (Lipinski definition) is 1. The third-order valence-electron chi connectivity index (χ3n) is 3.65. The predicted octanol–water partition coefficient (Wildman–Crippen LogP) is 2.62. The second-order valence-electron chi connectivity index (χ2n) is 4.80. The summed E-state index contributed by atoms with van der Waals surface area (Å²) in [5.74, 6) is 1.03. The molecular weight excluding hydrogens is 212 g/mol. The first kappa shape index (κ1) is 10.7. The van der Waals surface area contributed by atoms with Gasteiger partial charge in [0.25, 0.3) is 0 Å². The third-order valence-corrected chi connectivity index (χ3v) is 3.65. The van der Waals surface area contributed by atoms with E-state index in [-0.39, 0.29) is 0 Å². The Morgan fingerprint density at radius 1 is 1.41 bits per heavy atom. The zero-order valence-corrected chi connectivity index (χ0v) is 10.6. The lowest BCUT2D eigenvalue weighted by Crippen LogP contribution is -2.31. The molecule has 0 saturated heterocycles. The molecule has 0 bridgehead atoms. The highest BCUT2D eigenvalue weighted by atomic mass is 16.5. The number of fused-ring (bicyclic) bond motifs is 3. The second-order valence-corrected chi connectivity index (χ2v) is 4.80. The first-order valence-corrected chi connectivity index (χ1v) is 6.11. The molecule has 0 fully saturated rings. The van der Waals surface area contributed by atoms with Gasteiger partial charge in [-0.05, 0) is 25.5 Å². The molecule has 0 saturated carbocycles. The summed E-state index contributed by atoms with van der Waals surface area (Å²) in [7, 11) is 1.76. The largest absolute Gasteiger partial charge is 0.494 e. The Kier molecular flexibility index (Phi) is 2.37. The van der Waals surface area contributed by atoms with E-state index in [9.17, 15) is 0 Å². The lowest BCUT2D eigenvalue weighted by Gasteiger charge is -2.25. The molecule has 3 rings (SSSR count). The SMILES string of the molecule is COc1c2n(c3c(C)cccc13)[C@H](C)CNC2. The molecule has 90 valence electrons. The number of aryl methyl sites for hydroxylation is 1. The second kappa shape index (κ2) is 3.77. The minimum atomic E-state index is 0.478. The highest BCUT2D eigenvalue weighted by molar-refractivity contribution is 5.91. The molecule has 0 amide bonds. The fraction of sp³-hybridized carbons (Fsp3) is 0.429. The Balaban J connectivity index is 2.43. The zero-order valence-electron chi connectivity index (χ0n) is 10.6. The van der Waals surface area contributed by atoms with Gasteiger partial charge in [0.05, 0.1) is 18.3 Å². The van der Waals surface area contributed by atoms with E-state index in [1.807, 2.05) is 0 Å². The summed E-state index contributed by atoms with van der Waals surface area (Å²) in [5, 5.41) is 4.68. The van der Waals surface area contributed by atoms with Crippen LogP contribution in [0.15, 0.2) is 18.2 Å². The van der Waals surface area contributed by atoms with Crippen LogP contribution in [0.25, 0.3) is 10.9 Å². The number of nitrogens with zero attached hydrogens (tertiary/aromatic N) is 1. The van der Waals surface area contributed by atoms with Gasteiger partial charge in [-0.25, -0.2) is 0 Å². The number of hydrogen-bond acceptors (Lipinski definition) is 2. The molecule has 2 aromatic rings. The van der Waals surface area contributed by atoms with Crippen molar-refractivity contribution in [3.8, 4) is 5.75 Å². The first-order chi connectivity index (χ1) is 8.24. The molecule has 3 nitrogen and oxygen atoms in total. The lowest BCUT2D eigenvalue weighted by atomic mass is 10.1. The molecular formula is C14H18N2O. The van der Waals surface area contributed by atoms with Crippen LogP contribution in [0, 0.1) is 6.92 Å². The number of rotatable bonds is 1. The van der Waals surface area contributed by atoms with Gasteiger partial charge >= 0.3 is 0 Å². The van der Waals surface area contributed by atoms with Crippen LogP contribution in [0.4, 0.5) is 0 Å². The average molecular weight is 230 g/mol. The van der Waals surface area contributed by atoms with E-state index in [1.54, 1.807) is 7.11 Å². The monoisotopic (exact) mass is 230 g/mol. The van der Waals surface area contributed by atoms with Crippen molar-refractivity contribution >= 4 is 10.9 Å². The normalized spacial score (nSPS) is 19.4. The maximum Gasteiger partial charge on any atom is 0.148 e. The molecule has 1 aliphatic rings. The van der Waals surface area contributed by atoms with Crippen LogP contribution in [-0.2, 0) is 6.54 Å². The lowest BCUT2D eigenvalue weighted by molar-refractivity contribution is 0.384. The van der Waals surface area contributed by atoms with Crippen LogP contribution in [0.2, 0.25) is 0 Å². The van der Waals surface area contributed by atoms with Gasteiger partial charge in [-0.3, -0.25) is 0 Å². The van der Waals surface area contributed by atoms with Crippen molar-refractivity contribution < 1.29 is 4.74 Å². The minimum Gasteiger partial charge on any atom is -0.494 e. The fourth-order valence-corrected chi connectivity index (χ4v) is 2.93. The molecule has 1 N–H and O–H groups in total. The minimum absolute atomic E-state index is 0.478. The number of methoxy groups -OCH3 is 1. The number of nitrogens with one attached hydrogen (secondary N) is 1. The summed E-state index contributed by atoms with van der Waals surface area (Å²) in [6.07, 6.45) is 0. The standard InChI is InChI=1S/C14H18N2O/c1-9-5-4-6-11-13(9)16-10(2)7-15-8-12(16)14(11)17-3/h4-6,10,15H,7-8H2,1-3H3/t10-/m1/s1. The zero-order chi connectivity index (χ0) is 12.0. The first-order valence-electron chi connectivity index (χ1n) is 6.11. The Morgan fingerprint density at radius 2 is 2.24 bits per heavy atom. The van der Waals surface area contributed by atoms with Gasteiger partial charge in [0.1, 0.15) is 5.75 Å². The van der Waals surface area contributed by atoms with Gasteiger partial charge in [-0.1, -0.05) is 12.1 Å². The highest BCUT2D eigenvalue weighted by Gasteiger charge is 2.24. The summed E-state index contributed by atoms with van der Waals surface area (Å²) in [5.41, 5.74) is 3.92. The predicted molar refractivity (Wildman–Crippen MR) is 69.6 cm³/mol. The molecule has 1 aromatic carbocycles. The van der Waals surface area contributed by atoms with E-state index < -0.39 is 0 Å². The molecule has 17 heavy (non-hydrogen) atoms. The number of ether oxygens (including phenoxy) is 1. The molecule has 2 heterocycles. The van der Waals surface area contributed by atoms with E-state index in [2.05, 4.69) is 41.9 Å². The van der Waals surface area contributed by atoms with Crippen LogP contribution in [0.3, 0.4) is 0 Å². The number of aromatic nitrogens is 1. The molecule has 1 aromatic heterocycles. The van der Waals surface area contributed by atoms with E-state index in [0.717, 1.165) is 18.8 Å². The van der Waals surface area contributed by atoms with Crippen molar-refractivity contribution in [2.75, 3.05) is 13.7 Å². The van der Waals surface area contributed by atoms with E-state index in [4.69, 9.17) is 4.74 Å². The molecule has 0 radical (unpaired) electrons. The molecule has 1 aliphatic heterocycles. The number of benzene rings is 1. The maximum absolute atomic E-state index is 5.61. The van der Waals surface area contributed by atoms with Crippen molar-refractivity contribution in [3.63, 3.8) is 0 Å². The Hall–Kier alpha value is -1.48. The molecule has 1 atom stereocenters.